The highest BCUT2D eigenvalue weighted by atomic mass is 19.1. The summed E-state index contributed by atoms with van der Waals surface area (Å²) in [4.78, 5) is 4.18. The molecule has 0 amide bonds. The molecule has 0 bridgehead atoms. The molecule has 1 aliphatic heterocycles. The SMILES string of the molecule is Nc1cc(F)c(-c2cc(N[C@H]3CCCCNC3)c3ccncc3c2)cc1F. The van der Waals surface area contributed by atoms with Crippen LogP contribution >= 0.6 is 0 Å². The molecule has 6 heteroatoms. The van der Waals surface area contributed by atoms with Crippen molar-refractivity contribution in [2.45, 2.75) is 25.3 Å². The Balaban J connectivity index is 1.80. The number of nitrogens with two attached hydrogens (primary N) is 1. The van der Waals surface area contributed by atoms with Gasteiger partial charge in [0, 0.05) is 53.1 Å². The monoisotopic (exact) mass is 368 g/mol. The van der Waals surface area contributed by atoms with Crippen molar-refractivity contribution in [2.24, 2.45) is 0 Å². The Kier molecular flexibility index (Phi) is 4.90. The zero-order chi connectivity index (χ0) is 18.8. The van der Waals surface area contributed by atoms with Crippen molar-refractivity contribution in [3.8, 4) is 11.1 Å². The number of rotatable bonds is 3. The summed E-state index contributed by atoms with van der Waals surface area (Å²) in [5, 5.41) is 8.90. The quantitative estimate of drug-likeness (QED) is 0.603. The lowest BCUT2D eigenvalue weighted by molar-refractivity contribution is 0.607. The molecule has 1 saturated heterocycles. The Hall–Kier alpha value is -2.73. The van der Waals surface area contributed by atoms with Crippen LogP contribution < -0.4 is 16.4 Å². The third kappa shape index (κ3) is 3.71. The highest BCUT2D eigenvalue weighted by Gasteiger charge is 2.16. The molecule has 140 valence electrons. The first-order valence-corrected chi connectivity index (χ1v) is 9.22. The number of aromatic nitrogens is 1. The van der Waals surface area contributed by atoms with Crippen LogP contribution in [0.25, 0.3) is 21.9 Å². The fraction of sp³-hybridized carbons (Fsp3) is 0.286. The Morgan fingerprint density at radius 1 is 1.11 bits per heavy atom. The van der Waals surface area contributed by atoms with Gasteiger partial charge < -0.3 is 16.4 Å². The largest absolute Gasteiger partial charge is 0.396 e. The maximum Gasteiger partial charge on any atom is 0.146 e. The summed E-state index contributed by atoms with van der Waals surface area (Å²) in [5.41, 5.74) is 6.97. The van der Waals surface area contributed by atoms with Crippen LogP contribution in [0.15, 0.2) is 42.7 Å². The molecule has 0 aliphatic carbocycles. The van der Waals surface area contributed by atoms with E-state index in [2.05, 4.69) is 15.6 Å². The molecule has 1 aliphatic rings. The van der Waals surface area contributed by atoms with Crippen LogP contribution in [0, 0.1) is 11.6 Å². The Morgan fingerprint density at radius 2 is 2.00 bits per heavy atom. The smallest absolute Gasteiger partial charge is 0.146 e. The minimum atomic E-state index is -0.625. The summed E-state index contributed by atoms with van der Waals surface area (Å²) in [6.45, 7) is 1.90. The van der Waals surface area contributed by atoms with Gasteiger partial charge in [-0.3, -0.25) is 4.98 Å². The Labute approximate surface area is 156 Å². The number of pyridine rings is 1. The minimum Gasteiger partial charge on any atom is -0.396 e. The van der Waals surface area contributed by atoms with Crippen LogP contribution in [0.5, 0.6) is 0 Å². The van der Waals surface area contributed by atoms with Gasteiger partial charge >= 0.3 is 0 Å². The summed E-state index contributed by atoms with van der Waals surface area (Å²) in [5.74, 6) is -1.17. The van der Waals surface area contributed by atoms with Crippen LogP contribution in [0.2, 0.25) is 0 Å². The van der Waals surface area contributed by atoms with Crippen LogP contribution in [0.1, 0.15) is 19.3 Å². The lowest BCUT2D eigenvalue weighted by Gasteiger charge is -2.20. The molecule has 27 heavy (non-hydrogen) atoms. The summed E-state index contributed by atoms with van der Waals surface area (Å²) in [7, 11) is 0. The van der Waals surface area contributed by atoms with Crippen molar-refractivity contribution in [1.82, 2.24) is 10.3 Å². The predicted molar refractivity (Wildman–Crippen MR) is 106 cm³/mol. The molecule has 0 spiro atoms. The zero-order valence-electron chi connectivity index (χ0n) is 14.9. The number of nitrogens with one attached hydrogen (secondary N) is 2. The molecule has 3 aromatic rings. The lowest BCUT2D eigenvalue weighted by atomic mass is 9.99. The Morgan fingerprint density at radius 3 is 2.89 bits per heavy atom. The minimum absolute atomic E-state index is 0.189. The summed E-state index contributed by atoms with van der Waals surface area (Å²) in [6, 6.07) is 8.10. The standard InChI is InChI=1S/C21H22F2N4/c22-18-10-20(24)19(23)9-17(18)13-7-14-11-26-6-4-16(14)21(8-13)27-15-3-1-2-5-25-12-15/h4,6-11,15,25,27H,1-3,5,12,24H2/t15-/m0/s1. The normalized spacial score (nSPS) is 17.6. The molecule has 2 heterocycles. The maximum atomic E-state index is 14.5. The van der Waals surface area contributed by atoms with E-state index in [-0.39, 0.29) is 17.3 Å². The molecule has 1 fully saturated rings. The number of anilines is 2. The first kappa shape index (κ1) is 17.7. The van der Waals surface area contributed by atoms with E-state index in [4.69, 9.17) is 5.73 Å². The van der Waals surface area contributed by atoms with Gasteiger partial charge in [-0.05, 0) is 49.2 Å². The molecule has 1 atom stereocenters. The van der Waals surface area contributed by atoms with Crippen molar-refractivity contribution in [3.05, 3.63) is 54.4 Å². The number of nitrogens with zero attached hydrogens (tertiary/aromatic N) is 1. The van der Waals surface area contributed by atoms with E-state index >= 15 is 0 Å². The van der Waals surface area contributed by atoms with E-state index in [1.807, 2.05) is 18.2 Å². The first-order chi connectivity index (χ1) is 13.1. The van der Waals surface area contributed by atoms with Crippen molar-refractivity contribution < 1.29 is 8.78 Å². The summed E-state index contributed by atoms with van der Waals surface area (Å²) in [6.07, 6.45) is 6.86. The second-order valence-corrected chi connectivity index (χ2v) is 7.02. The molecule has 2 aromatic carbocycles. The first-order valence-electron chi connectivity index (χ1n) is 9.22. The van der Waals surface area contributed by atoms with Gasteiger partial charge in [-0.2, -0.15) is 0 Å². The van der Waals surface area contributed by atoms with Crippen LogP contribution in [0.3, 0.4) is 0 Å². The number of hydrogen-bond donors (Lipinski definition) is 3. The number of halogens is 2. The van der Waals surface area contributed by atoms with Crippen molar-refractivity contribution in [1.29, 1.82) is 0 Å². The fourth-order valence-corrected chi connectivity index (χ4v) is 3.63. The Bertz CT molecular complexity index is 966. The van der Waals surface area contributed by atoms with E-state index in [1.165, 1.54) is 6.42 Å². The van der Waals surface area contributed by atoms with Gasteiger partial charge in [0.2, 0.25) is 0 Å². The van der Waals surface area contributed by atoms with Gasteiger partial charge in [0.25, 0.3) is 0 Å². The highest BCUT2D eigenvalue weighted by Crippen LogP contribution is 2.34. The lowest BCUT2D eigenvalue weighted by Crippen LogP contribution is -2.30. The third-order valence-electron chi connectivity index (χ3n) is 5.06. The van der Waals surface area contributed by atoms with Gasteiger partial charge in [0.15, 0.2) is 0 Å². The second kappa shape index (κ2) is 7.48. The van der Waals surface area contributed by atoms with E-state index in [1.54, 1.807) is 12.4 Å². The summed E-state index contributed by atoms with van der Waals surface area (Å²) >= 11 is 0. The van der Waals surface area contributed by atoms with E-state index in [0.717, 1.165) is 54.5 Å². The second-order valence-electron chi connectivity index (χ2n) is 7.02. The van der Waals surface area contributed by atoms with E-state index in [0.29, 0.717) is 5.56 Å². The highest BCUT2D eigenvalue weighted by molar-refractivity contribution is 5.97. The molecule has 0 radical (unpaired) electrons. The van der Waals surface area contributed by atoms with Gasteiger partial charge in [0.1, 0.15) is 11.6 Å². The molecule has 4 nitrogen and oxygen atoms in total. The van der Waals surface area contributed by atoms with Crippen LogP contribution in [-0.4, -0.2) is 24.1 Å². The molecule has 0 saturated carbocycles. The van der Waals surface area contributed by atoms with Gasteiger partial charge in [-0.25, -0.2) is 8.78 Å². The van der Waals surface area contributed by atoms with Crippen LogP contribution in [-0.2, 0) is 0 Å². The number of nitrogen functional groups attached to an aromatic ring is 1. The number of fused-ring (bicyclic) bond motifs is 1. The average Bonchev–Trinajstić information content (AvgIpc) is 2.93. The van der Waals surface area contributed by atoms with Gasteiger partial charge in [-0.1, -0.05) is 6.42 Å². The van der Waals surface area contributed by atoms with Gasteiger partial charge in [0.05, 0.1) is 5.69 Å². The van der Waals surface area contributed by atoms with Crippen molar-refractivity contribution in [3.63, 3.8) is 0 Å². The molecule has 1 aromatic heterocycles. The third-order valence-corrected chi connectivity index (χ3v) is 5.06. The predicted octanol–water partition coefficient (Wildman–Crippen LogP) is 4.32. The molecule has 4 N–H and O–H groups in total. The zero-order valence-corrected chi connectivity index (χ0v) is 14.9. The van der Waals surface area contributed by atoms with Gasteiger partial charge in [-0.15, -0.1) is 0 Å². The summed E-state index contributed by atoms with van der Waals surface area (Å²) < 4.78 is 28.4. The van der Waals surface area contributed by atoms with Crippen LogP contribution in [0.4, 0.5) is 20.2 Å². The molecule has 4 rings (SSSR count). The maximum absolute atomic E-state index is 14.5. The molecule has 0 unspecified atom stereocenters. The van der Waals surface area contributed by atoms with E-state index in [9.17, 15) is 8.78 Å². The van der Waals surface area contributed by atoms with Crippen molar-refractivity contribution >= 4 is 22.1 Å². The van der Waals surface area contributed by atoms with Crippen molar-refractivity contribution in [2.75, 3.05) is 24.1 Å². The molecular weight excluding hydrogens is 346 g/mol. The number of hydrogen-bond acceptors (Lipinski definition) is 4. The van der Waals surface area contributed by atoms with E-state index < -0.39 is 11.6 Å². The topological polar surface area (TPSA) is 63.0 Å². The fourth-order valence-electron chi connectivity index (χ4n) is 3.63. The molecular formula is C21H22F2N4. The average molecular weight is 368 g/mol. The number of benzene rings is 2.